The van der Waals surface area contributed by atoms with Crippen LogP contribution in [0.4, 0.5) is 0 Å². The van der Waals surface area contributed by atoms with Crippen molar-refractivity contribution in [3.05, 3.63) is 47.3 Å². The highest BCUT2D eigenvalue weighted by atomic mass is 16.5. The van der Waals surface area contributed by atoms with Crippen molar-refractivity contribution in [1.82, 2.24) is 10.2 Å². The summed E-state index contributed by atoms with van der Waals surface area (Å²) in [6.45, 7) is 2.61. The summed E-state index contributed by atoms with van der Waals surface area (Å²) in [4.78, 5) is 10.7. The van der Waals surface area contributed by atoms with E-state index in [4.69, 9.17) is 9.84 Å². The number of carbonyl (C=O) groups is 1. The normalized spacial score (nSPS) is 10.4. The van der Waals surface area contributed by atoms with Crippen molar-refractivity contribution in [2.24, 2.45) is 0 Å². The zero-order valence-corrected chi connectivity index (χ0v) is 10.7. The first-order valence-corrected chi connectivity index (χ1v) is 6.18. The van der Waals surface area contributed by atoms with Crippen LogP contribution in [0.2, 0.25) is 0 Å². The van der Waals surface area contributed by atoms with Gasteiger partial charge in [0, 0.05) is 0 Å². The van der Waals surface area contributed by atoms with Crippen molar-refractivity contribution < 1.29 is 14.6 Å². The molecule has 5 nitrogen and oxygen atoms in total. The minimum atomic E-state index is -0.986. The number of ether oxygens (including phenoxy) is 1. The third-order valence-corrected chi connectivity index (χ3v) is 2.77. The highest BCUT2D eigenvalue weighted by Gasteiger charge is 2.07. The first kappa shape index (κ1) is 13.1. The van der Waals surface area contributed by atoms with Crippen LogP contribution in [0.1, 0.15) is 28.7 Å². The van der Waals surface area contributed by atoms with Gasteiger partial charge in [0.05, 0.1) is 12.3 Å². The van der Waals surface area contributed by atoms with Crippen LogP contribution in [0.3, 0.4) is 0 Å². The first-order chi connectivity index (χ1) is 9.19. The number of aromatic carboxylic acids is 1. The number of carboxylic acids is 1. The zero-order chi connectivity index (χ0) is 13.7. The van der Waals surface area contributed by atoms with Gasteiger partial charge < -0.3 is 9.84 Å². The Hall–Kier alpha value is -2.30. The number of H-pyrrole nitrogens is 1. The molecule has 19 heavy (non-hydrogen) atoms. The van der Waals surface area contributed by atoms with Gasteiger partial charge in [0.1, 0.15) is 11.4 Å². The standard InChI is InChI=1S/C14H16N2O3/c1-2-19-12-7-4-10(5-8-12)3-6-11-9-13(14(17)18)16-15-11/h4-5,7-9H,2-3,6H2,1H3,(H,15,16)(H,17,18). The van der Waals surface area contributed by atoms with Crippen molar-refractivity contribution in [2.75, 3.05) is 6.61 Å². The average molecular weight is 260 g/mol. The molecule has 2 N–H and O–H groups in total. The van der Waals surface area contributed by atoms with Crippen molar-refractivity contribution in [3.8, 4) is 5.75 Å². The number of hydrogen-bond acceptors (Lipinski definition) is 3. The minimum absolute atomic E-state index is 0.127. The summed E-state index contributed by atoms with van der Waals surface area (Å²) in [5.41, 5.74) is 2.05. The van der Waals surface area contributed by atoms with E-state index in [2.05, 4.69) is 10.2 Å². The Bertz CT molecular complexity index is 546. The van der Waals surface area contributed by atoms with Crippen LogP contribution in [-0.4, -0.2) is 27.9 Å². The molecule has 0 aliphatic heterocycles. The maximum absolute atomic E-state index is 10.7. The molecule has 0 spiro atoms. The predicted molar refractivity (Wildman–Crippen MR) is 70.6 cm³/mol. The van der Waals surface area contributed by atoms with Gasteiger partial charge in [0.2, 0.25) is 0 Å². The van der Waals surface area contributed by atoms with Crippen LogP contribution in [0.15, 0.2) is 30.3 Å². The number of rotatable bonds is 6. The molecule has 0 bridgehead atoms. The molecule has 5 heteroatoms. The molecule has 0 aliphatic carbocycles. The largest absolute Gasteiger partial charge is 0.494 e. The van der Waals surface area contributed by atoms with Crippen LogP contribution >= 0.6 is 0 Å². The predicted octanol–water partition coefficient (Wildman–Crippen LogP) is 2.29. The quantitative estimate of drug-likeness (QED) is 0.835. The second kappa shape index (κ2) is 6.04. The highest BCUT2D eigenvalue weighted by molar-refractivity contribution is 5.85. The number of aromatic amines is 1. The van der Waals surface area contributed by atoms with Gasteiger partial charge in [-0.05, 0) is 43.5 Å². The van der Waals surface area contributed by atoms with Crippen molar-refractivity contribution in [3.63, 3.8) is 0 Å². The maximum Gasteiger partial charge on any atom is 0.353 e. The molecule has 0 amide bonds. The molecule has 0 saturated heterocycles. The van der Waals surface area contributed by atoms with E-state index >= 15 is 0 Å². The lowest BCUT2D eigenvalue weighted by Gasteiger charge is -2.04. The fourth-order valence-corrected chi connectivity index (χ4v) is 1.79. The molecule has 0 atom stereocenters. The second-order valence-corrected chi connectivity index (χ2v) is 4.16. The molecule has 2 rings (SSSR count). The minimum Gasteiger partial charge on any atom is -0.494 e. The lowest BCUT2D eigenvalue weighted by molar-refractivity contribution is 0.0690. The van der Waals surface area contributed by atoms with Crippen molar-refractivity contribution >= 4 is 5.97 Å². The summed E-state index contributed by atoms with van der Waals surface area (Å²) >= 11 is 0. The summed E-state index contributed by atoms with van der Waals surface area (Å²) in [6, 6.07) is 9.46. The molecule has 0 unspecified atom stereocenters. The number of carboxylic acid groups (broad SMARTS) is 1. The van der Waals surface area contributed by atoms with E-state index in [1.165, 1.54) is 5.56 Å². The van der Waals surface area contributed by atoms with Gasteiger partial charge in [0.15, 0.2) is 0 Å². The summed E-state index contributed by atoms with van der Waals surface area (Å²) in [5, 5.41) is 15.2. The second-order valence-electron chi connectivity index (χ2n) is 4.16. The van der Waals surface area contributed by atoms with E-state index in [1.807, 2.05) is 31.2 Å². The van der Waals surface area contributed by atoms with Crippen LogP contribution in [0.5, 0.6) is 5.75 Å². The van der Waals surface area contributed by atoms with E-state index in [0.717, 1.165) is 17.9 Å². The SMILES string of the molecule is CCOc1ccc(CCc2cc(C(=O)O)[nH]n2)cc1. The van der Waals surface area contributed by atoms with Gasteiger partial charge in [0.25, 0.3) is 0 Å². The van der Waals surface area contributed by atoms with Crippen LogP contribution < -0.4 is 4.74 Å². The number of aryl methyl sites for hydroxylation is 2. The fraction of sp³-hybridized carbons (Fsp3) is 0.286. The number of aromatic nitrogens is 2. The molecule has 2 aromatic rings. The Morgan fingerprint density at radius 3 is 2.63 bits per heavy atom. The van der Waals surface area contributed by atoms with Crippen molar-refractivity contribution in [1.29, 1.82) is 0 Å². The van der Waals surface area contributed by atoms with E-state index in [-0.39, 0.29) is 5.69 Å². The molecule has 1 aromatic carbocycles. The third kappa shape index (κ3) is 3.58. The summed E-state index contributed by atoms with van der Waals surface area (Å²) in [6.07, 6.45) is 1.52. The highest BCUT2D eigenvalue weighted by Crippen LogP contribution is 2.13. The molecule has 100 valence electrons. The van der Waals surface area contributed by atoms with E-state index < -0.39 is 5.97 Å². The van der Waals surface area contributed by atoms with Crippen LogP contribution in [-0.2, 0) is 12.8 Å². The van der Waals surface area contributed by atoms with Gasteiger partial charge in [-0.25, -0.2) is 4.79 Å². The Balaban J connectivity index is 1.92. The summed E-state index contributed by atoms with van der Waals surface area (Å²) < 4.78 is 5.37. The fourth-order valence-electron chi connectivity index (χ4n) is 1.79. The smallest absolute Gasteiger partial charge is 0.353 e. The average Bonchev–Trinajstić information content (AvgIpc) is 2.87. The first-order valence-electron chi connectivity index (χ1n) is 6.18. The number of benzene rings is 1. The van der Waals surface area contributed by atoms with Gasteiger partial charge >= 0.3 is 5.97 Å². The topological polar surface area (TPSA) is 75.2 Å². The molecule has 0 aliphatic rings. The Kier molecular flexibility index (Phi) is 4.18. The molecule has 0 saturated carbocycles. The lowest BCUT2D eigenvalue weighted by atomic mass is 10.1. The molecule has 0 radical (unpaired) electrons. The summed E-state index contributed by atoms with van der Waals surface area (Å²) in [7, 11) is 0. The third-order valence-electron chi connectivity index (χ3n) is 2.77. The summed E-state index contributed by atoms with van der Waals surface area (Å²) in [5.74, 6) is -0.126. The molecule has 0 fully saturated rings. The van der Waals surface area contributed by atoms with E-state index in [9.17, 15) is 4.79 Å². The Morgan fingerprint density at radius 2 is 2.05 bits per heavy atom. The van der Waals surface area contributed by atoms with Crippen LogP contribution in [0, 0.1) is 0 Å². The molecule has 1 heterocycles. The van der Waals surface area contributed by atoms with Crippen LogP contribution in [0.25, 0.3) is 0 Å². The number of hydrogen-bond donors (Lipinski definition) is 2. The number of nitrogens with zero attached hydrogens (tertiary/aromatic N) is 1. The van der Waals surface area contributed by atoms with Gasteiger partial charge in [-0.1, -0.05) is 12.1 Å². The molecular formula is C14H16N2O3. The van der Waals surface area contributed by atoms with Gasteiger partial charge in [-0.2, -0.15) is 5.10 Å². The van der Waals surface area contributed by atoms with Crippen molar-refractivity contribution in [2.45, 2.75) is 19.8 Å². The maximum atomic E-state index is 10.7. The monoisotopic (exact) mass is 260 g/mol. The van der Waals surface area contributed by atoms with E-state index in [1.54, 1.807) is 6.07 Å². The number of nitrogens with one attached hydrogen (secondary N) is 1. The zero-order valence-electron chi connectivity index (χ0n) is 10.7. The molecule has 1 aromatic heterocycles. The molecular weight excluding hydrogens is 244 g/mol. The Labute approximate surface area is 111 Å². The van der Waals surface area contributed by atoms with Gasteiger partial charge in [-0.3, -0.25) is 5.10 Å². The Morgan fingerprint density at radius 1 is 1.32 bits per heavy atom. The lowest BCUT2D eigenvalue weighted by Crippen LogP contribution is -1.95. The van der Waals surface area contributed by atoms with Gasteiger partial charge in [-0.15, -0.1) is 0 Å². The van der Waals surface area contributed by atoms with E-state index in [0.29, 0.717) is 13.0 Å².